The van der Waals surface area contributed by atoms with Crippen molar-refractivity contribution >= 4 is 33.2 Å². The van der Waals surface area contributed by atoms with E-state index in [1.54, 1.807) is 16.5 Å². The molecule has 2 aliphatic rings. The second-order valence-electron chi connectivity index (χ2n) is 7.87. The van der Waals surface area contributed by atoms with Gasteiger partial charge in [-0.3, -0.25) is 14.6 Å². The zero-order valence-electron chi connectivity index (χ0n) is 17.2. The van der Waals surface area contributed by atoms with Gasteiger partial charge in [-0.1, -0.05) is 6.07 Å². The molecular formula is C21H26N4O4S2. The summed E-state index contributed by atoms with van der Waals surface area (Å²) < 4.78 is 27.7. The Balaban J connectivity index is 1.32. The molecule has 2 fully saturated rings. The zero-order valence-corrected chi connectivity index (χ0v) is 18.8. The molecule has 0 atom stereocenters. The van der Waals surface area contributed by atoms with Crippen LogP contribution < -0.4 is 5.32 Å². The number of aromatic nitrogens is 1. The van der Waals surface area contributed by atoms with Crippen LogP contribution in [0.2, 0.25) is 0 Å². The highest BCUT2D eigenvalue weighted by molar-refractivity contribution is 7.91. The van der Waals surface area contributed by atoms with Crippen molar-refractivity contribution in [1.82, 2.24) is 19.5 Å². The summed E-state index contributed by atoms with van der Waals surface area (Å²) in [4.78, 5) is 30.9. The maximum Gasteiger partial charge on any atom is 0.254 e. The van der Waals surface area contributed by atoms with E-state index in [0.717, 1.165) is 43.0 Å². The number of nitrogens with zero attached hydrogens (tertiary/aromatic N) is 3. The molecule has 0 saturated carbocycles. The van der Waals surface area contributed by atoms with E-state index < -0.39 is 10.0 Å². The average molecular weight is 463 g/mol. The fourth-order valence-electron chi connectivity index (χ4n) is 3.98. The van der Waals surface area contributed by atoms with Crippen LogP contribution in [0, 0.1) is 5.92 Å². The predicted molar refractivity (Wildman–Crippen MR) is 117 cm³/mol. The van der Waals surface area contributed by atoms with Crippen molar-refractivity contribution in [3.05, 3.63) is 47.1 Å². The van der Waals surface area contributed by atoms with Crippen LogP contribution >= 0.6 is 11.3 Å². The molecule has 1 N–H and O–H groups in total. The van der Waals surface area contributed by atoms with Gasteiger partial charge in [0, 0.05) is 43.7 Å². The van der Waals surface area contributed by atoms with Gasteiger partial charge in [0.25, 0.3) is 15.9 Å². The summed E-state index contributed by atoms with van der Waals surface area (Å²) in [5.41, 5.74) is 1.22. The fourth-order valence-corrected chi connectivity index (χ4v) is 6.75. The van der Waals surface area contributed by atoms with Gasteiger partial charge < -0.3 is 10.2 Å². The maximum atomic E-state index is 13.0. The number of hydrogen-bond donors (Lipinski definition) is 1. The lowest BCUT2D eigenvalue weighted by molar-refractivity contribution is -0.126. The van der Waals surface area contributed by atoms with E-state index in [1.807, 2.05) is 18.2 Å². The van der Waals surface area contributed by atoms with Crippen molar-refractivity contribution in [2.24, 2.45) is 5.92 Å². The van der Waals surface area contributed by atoms with Crippen LogP contribution in [-0.4, -0.2) is 60.6 Å². The first-order valence-corrected chi connectivity index (χ1v) is 12.8. The molecule has 166 valence electrons. The van der Waals surface area contributed by atoms with Gasteiger partial charge >= 0.3 is 0 Å². The van der Waals surface area contributed by atoms with Gasteiger partial charge in [0.05, 0.1) is 17.8 Å². The Morgan fingerprint density at radius 1 is 1.13 bits per heavy atom. The Labute approximate surface area is 186 Å². The summed E-state index contributed by atoms with van der Waals surface area (Å²) >= 11 is 1.09. The van der Waals surface area contributed by atoms with Crippen molar-refractivity contribution in [1.29, 1.82) is 0 Å². The van der Waals surface area contributed by atoms with Crippen molar-refractivity contribution in [3.8, 4) is 0 Å². The molecule has 2 aromatic rings. The molecule has 4 heterocycles. The molecule has 2 saturated heterocycles. The molecule has 31 heavy (non-hydrogen) atoms. The smallest absolute Gasteiger partial charge is 0.254 e. The second-order valence-corrected chi connectivity index (χ2v) is 10.9. The van der Waals surface area contributed by atoms with Crippen LogP contribution in [0.4, 0.5) is 0 Å². The molecule has 0 spiro atoms. The zero-order chi connectivity index (χ0) is 21.8. The first-order valence-electron chi connectivity index (χ1n) is 10.5. The number of hydrogen-bond acceptors (Lipinski definition) is 6. The highest BCUT2D eigenvalue weighted by Gasteiger charge is 2.33. The van der Waals surface area contributed by atoms with E-state index in [4.69, 9.17) is 0 Å². The minimum Gasteiger partial charge on any atom is -0.350 e. The minimum atomic E-state index is -3.66. The number of carbonyl (C=O) groups excluding carboxylic acids is 2. The number of rotatable bonds is 6. The van der Waals surface area contributed by atoms with Gasteiger partial charge in [-0.25, -0.2) is 8.42 Å². The molecule has 8 nitrogen and oxygen atoms in total. The van der Waals surface area contributed by atoms with E-state index >= 15 is 0 Å². The minimum absolute atomic E-state index is 0.0719. The number of sulfonamides is 1. The van der Waals surface area contributed by atoms with Crippen LogP contribution in [0.1, 0.15) is 41.7 Å². The Bertz CT molecular complexity index is 1020. The Hall–Kier alpha value is -2.30. The molecule has 2 amide bonds. The lowest BCUT2D eigenvalue weighted by atomic mass is 9.97. The molecule has 4 rings (SSSR count). The van der Waals surface area contributed by atoms with Crippen LogP contribution in [0.5, 0.6) is 0 Å². The number of nitrogens with one attached hydrogen (secondary N) is 1. The first kappa shape index (κ1) is 21.9. The second kappa shape index (κ2) is 9.46. The lowest BCUT2D eigenvalue weighted by Gasteiger charge is -2.30. The molecule has 0 bridgehead atoms. The van der Waals surface area contributed by atoms with E-state index in [2.05, 4.69) is 10.3 Å². The van der Waals surface area contributed by atoms with Gasteiger partial charge in [-0.15, -0.1) is 11.3 Å². The number of amides is 2. The van der Waals surface area contributed by atoms with Crippen LogP contribution in [-0.2, 0) is 21.4 Å². The summed E-state index contributed by atoms with van der Waals surface area (Å²) in [6.07, 6.45) is 4.60. The summed E-state index contributed by atoms with van der Waals surface area (Å²) in [6.45, 7) is 2.40. The monoisotopic (exact) mass is 462 g/mol. The third-order valence-corrected chi connectivity index (χ3v) is 9.12. The van der Waals surface area contributed by atoms with Crippen molar-refractivity contribution in [2.45, 2.75) is 36.4 Å². The topological polar surface area (TPSA) is 99.7 Å². The number of likely N-dealkylation sites (tertiary alicyclic amines) is 1. The summed E-state index contributed by atoms with van der Waals surface area (Å²) in [7, 11) is -3.66. The van der Waals surface area contributed by atoms with Crippen LogP contribution in [0.3, 0.4) is 0 Å². The number of piperidine rings is 1. The lowest BCUT2D eigenvalue weighted by Crippen LogP contribution is -2.42. The summed E-state index contributed by atoms with van der Waals surface area (Å²) in [5, 5.41) is 4.52. The molecule has 2 aliphatic heterocycles. The van der Waals surface area contributed by atoms with E-state index in [0.29, 0.717) is 24.9 Å². The van der Waals surface area contributed by atoms with Gasteiger partial charge in [0.15, 0.2) is 0 Å². The number of carbonyl (C=O) groups is 2. The van der Waals surface area contributed by atoms with Gasteiger partial charge in [-0.2, -0.15) is 4.31 Å². The molecule has 10 heteroatoms. The standard InChI is InChI=1S/C21H26N4O4S2/c26-20(23-14-18-5-1-2-8-22-18)16-6-11-25(12-7-16)31(28,29)19-13-17(15-30-19)21(27)24-9-3-4-10-24/h1-2,5,8,13,15-16H,3-4,6-7,9-12,14H2,(H,23,26). The summed E-state index contributed by atoms with van der Waals surface area (Å²) in [6, 6.07) is 7.03. The molecule has 0 radical (unpaired) electrons. The van der Waals surface area contributed by atoms with Crippen LogP contribution in [0.15, 0.2) is 40.1 Å². The number of pyridine rings is 1. The van der Waals surface area contributed by atoms with Gasteiger partial charge in [0.2, 0.25) is 5.91 Å². The number of thiophene rings is 1. The van der Waals surface area contributed by atoms with E-state index in [1.165, 1.54) is 10.4 Å². The SMILES string of the molecule is O=C(NCc1ccccn1)C1CCN(S(=O)(=O)c2cc(C(=O)N3CCCC3)cs2)CC1. The highest BCUT2D eigenvalue weighted by atomic mass is 32.2. The Morgan fingerprint density at radius 3 is 2.55 bits per heavy atom. The van der Waals surface area contributed by atoms with Crippen molar-refractivity contribution in [3.63, 3.8) is 0 Å². The third kappa shape index (κ3) is 4.97. The quantitative estimate of drug-likeness (QED) is 0.709. The Morgan fingerprint density at radius 2 is 1.87 bits per heavy atom. The molecule has 0 aliphatic carbocycles. The van der Waals surface area contributed by atoms with Gasteiger partial charge in [0.1, 0.15) is 4.21 Å². The first-order chi connectivity index (χ1) is 14.9. The molecular weight excluding hydrogens is 436 g/mol. The normalized spacial score (nSPS) is 18.3. The predicted octanol–water partition coefficient (Wildman–Crippen LogP) is 2.10. The third-order valence-electron chi connectivity index (χ3n) is 5.80. The van der Waals surface area contributed by atoms with Crippen molar-refractivity contribution < 1.29 is 18.0 Å². The molecule has 0 aromatic carbocycles. The largest absolute Gasteiger partial charge is 0.350 e. The summed E-state index contributed by atoms with van der Waals surface area (Å²) in [5.74, 6) is -0.387. The fraction of sp³-hybridized carbons (Fsp3) is 0.476. The van der Waals surface area contributed by atoms with Crippen LogP contribution in [0.25, 0.3) is 0 Å². The average Bonchev–Trinajstić information content (AvgIpc) is 3.51. The molecule has 0 unspecified atom stereocenters. The highest BCUT2D eigenvalue weighted by Crippen LogP contribution is 2.29. The maximum absolute atomic E-state index is 13.0. The molecule has 2 aromatic heterocycles. The van der Waals surface area contributed by atoms with E-state index in [9.17, 15) is 18.0 Å². The van der Waals surface area contributed by atoms with Gasteiger partial charge in [-0.05, 0) is 43.9 Å². The van der Waals surface area contributed by atoms with Crippen molar-refractivity contribution in [2.75, 3.05) is 26.2 Å². The Kier molecular flexibility index (Phi) is 6.68. The van der Waals surface area contributed by atoms with E-state index in [-0.39, 0.29) is 35.0 Å².